The Morgan fingerprint density at radius 2 is 1.79 bits per heavy atom. The Bertz CT molecular complexity index is 910. The van der Waals surface area contributed by atoms with Crippen LogP contribution < -0.4 is 11.1 Å². The lowest BCUT2D eigenvalue weighted by molar-refractivity contribution is 0.361. The van der Waals surface area contributed by atoms with Crippen molar-refractivity contribution in [2.24, 2.45) is 5.73 Å². The van der Waals surface area contributed by atoms with Crippen molar-refractivity contribution >= 4 is 22.4 Å². The van der Waals surface area contributed by atoms with Gasteiger partial charge in [0, 0.05) is 12.6 Å². The molecule has 4 N–H and O–H groups in total. The Balaban J connectivity index is 2.39. The summed E-state index contributed by atoms with van der Waals surface area (Å²) in [5.41, 5.74) is 8.05. The van der Waals surface area contributed by atoms with Gasteiger partial charge < -0.3 is 11.1 Å². The fraction of sp³-hybridized carbons (Fsp3) is 0.263. The summed E-state index contributed by atoms with van der Waals surface area (Å²) >= 11 is 0. The average Bonchev–Trinajstić information content (AvgIpc) is 2.94. The Hall–Kier alpha value is -2.82. The number of nitrogen functional groups attached to an aromatic ring is 1. The fourth-order valence-electron chi connectivity index (χ4n) is 3.01. The summed E-state index contributed by atoms with van der Waals surface area (Å²) in [5.74, 6) is 0.774. The van der Waals surface area contributed by atoms with Crippen molar-refractivity contribution in [1.82, 2.24) is 9.78 Å². The molecule has 0 amide bonds. The Kier molecular flexibility index (Phi) is 3.79. The van der Waals surface area contributed by atoms with Crippen molar-refractivity contribution in [1.29, 1.82) is 5.41 Å². The number of anilines is 1. The smallest absolute Gasteiger partial charge is 0.136 e. The molecule has 0 radical (unpaired) electrons. The summed E-state index contributed by atoms with van der Waals surface area (Å²) in [6, 6.07) is 14.3. The zero-order valence-electron chi connectivity index (χ0n) is 14.5. The molecule has 5 nitrogen and oxygen atoms in total. The van der Waals surface area contributed by atoms with Gasteiger partial charge in [-0.05, 0) is 31.5 Å². The average molecular weight is 321 g/mol. The summed E-state index contributed by atoms with van der Waals surface area (Å²) in [5, 5.41) is 18.3. The first kappa shape index (κ1) is 16.1. The minimum atomic E-state index is -0.231. The topological polar surface area (TPSA) is 79.7 Å². The molecule has 0 aliphatic heterocycles. The van der Waals surface area contributed by atoms with Gasteiger partial charge in [-0.3, -0.25) is 5.41 Å². The monoisotopic (exact) mass is 321 g/mol. The summed E-state index contributed by atoms with van der Waals surface area (Å²) in [6.45, 7) is 6.24. The predicted octanol–water partition coefficient (Wildman–Crippen LogP) is 3.78. The number of nitrogens with one attached hydrogen (secondary N) is 2. The normalized spacial score (nSPS) is 11.7. The summed E-state index contributed by atoms with van der Waals surface area (Å²) in [7, 11) is 1.83. The number of hydrogen-bond donors (Lipinski definition) is 3. The lowest BCUT2D eigenvalue weighted by Gasteiger charge is -2.22. The first-order chi connectivity index (χ1) is 11.3. The van der Waals surface area contributed by atoms with Crippen LogP contribution in [0.1, 0.15) is 26.3 Å². The molecule has 3 aromatic rings. The number of nitrogens with zero attached hydrogens (tertiary/aromatic N) is 2. The van der Waals surface area contributed by atoms with Crippen LogP contribution in [0.15, 0.2) is 42.5 Å². The molecule has 0 spiro atoms. The molecule has 1 aromatic heterocycles. The number of fused-ring (bicyclic) bond motifs is 1. The van der Waals surface area contributed by atoms with Crippen LogP contribution in [0.4, 0.5) is 5.82 Å². The van der Waals surface area contributed by atoms with Crippen LogP contribution in [0.3, 0.4) is 0 Å². The highest BCUT2D eigenvalue weighted by Crippen LogP contribution is 2.35. The van der Waals surface area contributed by atoms with E-state index in [-0.39, 0.29) is 11.4 Å². The van der Waals surface area contributed by atoms with Crippen LogP contribution in [-0.4, -0.2) is 22.7 Å². The van der Waals surface area contributed by atoms with Crippen molar-refractivity contribution in [3.63, 3.8) is 0 Å². The van der Waals surface area contributed by atoms with Gasteiger partial charge in [-0.2, -0.15) is 5.10 Å². The zero-order valence-corrected chi connectivity index (χ0v) is 14.5. The van der Waals surface area contributed by atoms with Crippen molar-refractivity contribution in [2.75, 3.05) is 12.4 Å². The molecule has 2 aromatic carbocycles. The quantitative estimate of drug-likeness (QED) is 0.507. The Labute approximate surface area is 142 Å². The third-order valence-corrected chi connectivity index (χ3v) is 4.07. The molecule has 0 saturated carbocycles. The van der Waals surface area contributed by atoms with E-state index in [9.17, 15) is 0 Å². The van der Waals surface area contributed by atoms with Crippen LogP contribution in [0.2, 0.25) is 0 Å². The van der Waals surface area contributed by atoms with Crippen LogP contribution in [-0.2, 0) is 5.54 Å². The summed E-state index contributed by atoms with van der Waals surface area (Å²) in [4.78, 5) is 0. The molecular formula is C19H23N5. The maximum absolute atomic E-state index is 8.08. The third kappa shape index (κ3) is 2.52. The van der Waals surface area contributed by atoms with Crippen LogP contribution in [0.5, 0.6) is 0 Å². The molecule has 0 aliphatic rings. The lowest BCUT2D eigenvalue weighted by atomic mass is 9.99. The van der Waals surface area contributed by atoms with Gasteiger partial charge in [0.2, 0.25) is 0 Å². The van der Waals surface area contributed by atoms with E-state index in [1.807, 2.05) is 36.0 Å². The van der Waals surface area contributed by atoms with Gasteiger partial charge in [0.25, 0.3) is 0 Å². The second-order valence-electron chi connectivity index (χ2n) is 6.85. The van der Waals surface area contributed by atoms with Crippen molar-refractivity contribution in [3.8, 4) is 11.3 Å². The van der Waals surface area contributed by atoms with E-state index >= 15 is 0 Å². The highest BCUT2D eigenvalue weighted by molar-refractivity contribution is 6.08. The summed E-state index contributed by atoms with van der Waals surface area (Å²) in [6.07, 6.45) is 0. The molecule has 124 valence electrons. The number of amidine groups is 1. The molecule has 0 bridgehead atoms. The van der Waals surface area contributed by atoms with Crippen LogP contribution in [0, 0.1) is 5.41 Å². The molecule has 0 unspecified atom stereocenters. The first-order valence-corrected chi connectivity index (χ1v) is 7.98. The van der Waals surface area contributed by atoms with E-state index in [2.05, 4.69) is 44.3 Å². The van der Waals surface area contributed by atoms with Crippen molar-refractivity contribution in [2.45, 2.75) is 26.3 Å². The van der Waals surface area contributed by atoms with E-state index < -0.39 is 0 Å². The molecule has 0 fully saturated rings. The van der Waals surface area contributed by atoms with Gasteiger partial charge in [0.05, 0.1) is 11.1 Å². The Morgan fingerprint density at radius 3 is 2.42 bits per heavy atom. The second kappa shape index (κ2) is 5.67. The van der Waals surface area contributed by atoms with Crippen molar-refractivity contribution in [3.05, 3.63) is 48.0 Å². The number of nitrogens with two attached hydrogens (primary N) is 1. The van der Waals surface area contributed by atoms with E-state index in [1.54, 1.807) is 0 Å². The van der Waals surface area contributed by atoms with Gasteiger partial charge >= 0.3 is 0 Å². The van der Waals surface area contributed by atoms with E-state index in [1.165, 1.54) is 0 Å². The molecule has 3 rings (SSSR count). The standard InChI is InChI=1S/C19H23N5/c1-19(2,3)24-18(22-4)15(17(20)21)16(23-24)14-11-7-9-12-8-5-6-10-13(12)14/h5-11,22H,1-4H3,(H3,20,21). The maximum Gasteiger partial charge on any atom is 0.136 e. The van der Waals surface area contributed by atoms with Crippen molar-refractivity contribution < 1.29 is 0 Å². The molecule has 0 atom stereocenters. The SMILES string of the molecule is CNc1c(C(=N)N)c(-c2cccc3ccccc23)nn1C(C)(C)C. The number of aromatic nitrogens is 2. The molecular weight excluding hydrogens is 298 g/mol. The summed E-state index contributed by atoms with van der Waals surface area (Å²) < 4.78 is 1.90. The highest BCUT2D eigenvalue weighted by Gasteiger charge is 2.27. The first-order valence-electron chi connectivity index (χ1n) is 7.98. The Morgan fingerprint density at radius 1 is 1.12 bits per heavy atom. The van der Waals surface area contributed by atoms with Gasteiger partial charge in [-0.1, -0.05) is 42.5 Å². The number of rotatable bonds is 3. The van der Waals surface area contributed by atoms with Gasteiger partial charge in [-0.25, -0.2) is 4.68 Å². The second-order valence-corrected chi connectivity index (χ2v) is 6.85. The molecule has 0 saturated heterocycles. The van der Waals surface area contributed by atoms with Crippen LogP contribution >= 0.6 is 0 Å². The third-order valence-electron chi connectivity index (χ3n) is 4.07. The maximum atomic E-state index is 8.08. The molecule has 5 heteroatoms. The van der Waals surface area contributed by atoms with E-state index in [0.717, 1.165) is 27.8 Å². The van der Waals surface area contributed by atoms with E-state index in [0.29, 0.717) is 5.56 Å². The zero-order chi connectivity index (χ0) is 17.5. The largest absolute Gasteiger partial charge is 0.384 e. The molecule has 24 heavy (non-hydrogen) atoms. The van der Waals surface area contributed by atoms with Gasteiger partial charge in [0.1, 0.15) is 17.3 Å². The minimum Gasteiger partial charge on any atom is -0.384 e. The van der Waals surface area contributed by atoms with Gasteiger partial charge in [0.15, 0.2) is 0 Å². The van der Waals surface area contributed by atoms with E-state index in [4.69, 9.17) is 16.2 Å². The molecule has 0 aliphatic carbocycles. The lowest BCUT2D eigenvalue weighted by Crippen LogP contribution is -2.25. The predicted molar refractivity (Wildman–Crippen MR) is 101 cm³/mol. The highest BCUT2D eigenvalue weighted by atomic mass is 15.4. The molecule has 1 heterocycles. The number of hydrogen-bond acceptors (Lipinski definition) is 3. The van der Waals surface area contributed by atoms with Crippen LogP contribution in [0.25, 0.3) is 22.0 Å². The minimum absolute atomic E-state index is 0.0118. The van der Waals surface area contributed by atoms with Gasteiger partial charge in [-0.15, -0.1) is 0 Å². The number of benzene rings is 2. The fourth-order valence-corrected chi connectivity index (χ4v) is 3.01.